The molecule has 0 N–H and O–H groups in total. The van der Waals surface area contributed by atoms with Gasteiger partial charge in [0.15, 0.2) is 0 Å². The molecule has 3 rings (SSSR count). The average Bonchev–Trinajstić information content (AvgIpc) is 2.63. The number of alkyl halides is 3. The summed E-state index contributed by atoms with van der Waals surface area (Å²) in [5.74, 6) is -0.260. The fraction of sp³-hybridized carbons (Fsp3) is 0.714. The van der Waals surface area contributed by atoms with Crippen LogP contribution < -0.4 is 4.74 Å². The van der Waals surface area contributed by atoms with Crippen molar-refractivity contribution in [1.82, 2.24) is 0 Å². The molecule has 6 heteroatoms. The molecule has 0 bridgehead atoms. The first kappa shape index (κ1) is 20.4. The maximum absolute atomic E-state index is 14.0. The van der Waals surface area contributed by atoms with E-state index in [1.807, 2.05) is 0 Å². The summed E-state index contributed by atoms with van der Waals surface area (Å²) in [6.07, 6.45) is 2.16. The summed E-state index contributed by atoms with van der Waals surface area (Å²) in [6.45, 7) is 4.20. The maximum atomic E-state index is 14.0. The summed E-state index contributed by atoms with van der Waals surface area (Å²) < 4.78 is 65.0. The number of ether oxygens (including phenoxy) is 2. The Morgan fingerprint density at radius 2 is 1.78 bits per heavy atom. The molecule has 27 heavy (non-hydrogen) atoms. The Kier molecular flexibility index (Phi) is 6.34. The number of rotatable bonds is 4. The van der Waals surface area contributed by atoms with Crippen LogP contribution in [0.2, 0.25) is 0 Å². The van der Waals surface area contributed by atoms with Crippen LogP contribution in [0.3, 0.4) is 0 Å². The summed E-state index contributed by atoms with van der Waals surface area (Å²) in [4.78, 5) is 0. The quantitative estimate of drug-likeness (QED) is 0.576. The van der Waals surface area contributed by atoms with Crippen molar-refractivity contribution in [1.29, 1.82) is 0 Å². The van der Waals surface area contributed by atoms with Gasteiger partial charge in [-0.25, -0.2) is 4.39 Å². The molecule has 1 aliphatic carbocycles. The van der Waals surface area contributed by atoms with E-state index in [9.17, 15) is 17.6 Å². The van der Waals surface area contributed by atoms with Crippen LogP contribution in [0.5, 0.6) is 5.75 Å². The number of halogens is 4. The standard InChI is InChI=1S/C21H28F4O2/c1-13-3-7-16(8-4-13)17-10-6-15(11-26-17)12-27-18-9-5-14(2)20(22)19(18)21(23,24)25/h5,9,13,15-17H,3-4,6-8,10-12H2,1-2H3/t13?,15-,16?,17?/m1/s1. The minimum Gasteiger partial charge on any atom is -0.492 e. The highest BCUT2D eigenvalue weighted by Crippen LogP contribution is 2.40. The SMILES string of the molecule is Cc1ccc(OC[C@@H]2CCC(C3CCC(C)CC3)OC2)c(C(F)(F)F)c1F. The van der Waals surface area contributed by atoms with Crippen LogP contribution in [-0.2, 0) is 10.9 Å². The van der Waals surface area contributed by atoms with E-state index in [-0.39, 0.29) is 24.2 Å². The second kappa shape index (κ2) is 8.38. The molecule has 1 aromatic carbocycles. The van der Waals surface area contributed by atoms with Gasteiger partial charge in [-0.1, -0.05) is 25.8 Å². The lowest BCUT2D eigenvalue weighted by Crippen LogP contribution is -2.35. The van der Waals surface area contributed by atoms with Crippen molar-refractivity contribution in [2.24, 2.45) is 17.8 Å². The minimum absolute atomic E-state index is 0.0363. The number of aryl methyl sites for hydroxylation is 1. The van der Waals surface area contributed by atoms with Gasteiger partial charge in [-0.3, -0.25) is 0 Å². The first-order valence-electron chi connectivity index (χ1n) is 9.86. The van der Waals surface area contributed by atoms with Crippen LogP contribution in [0, 0.1) is 30.5 Å². The van der Waals surface area contributed by atoms with Gasteiger partial charge in [-0.05, 0) is 56.1 Å². The lowest BCUT2D eigenvalue weighted by molar-refractivity contribution is -0.141. The van der Waals surface area contributed by atoms with Crippen LogP contribution in [0.15, 0.2) is 12.1 Å². The summed E-state index contributed by atoms with van der Waals surface area (Å²) in [6, 6.07) is 2.52. The van der Waals surface area contributed by atoms with E-state index in [0.29, 0.717) is 12.5 Å². The van der Waals surface area contributed by atoms with Crippen LogP contribution in [0.1, 0.15) is 56.6 Å². The molecule has 2 aliphatic rings. The van der Waals surface area contributed by atoms with Gasteiger partial charge in [0.05, 0.1) is 19.3 Å². The van der Waals surface area contributed by atoms with E-state index in [4.69, 9.17) is 9.47 Å². The zero-order valence-corrected chi connectivity index (χ0v) is 15.9. The Balaban J connectivity index is 1.54. The minimum atomic E-state index is -4.78. The molecule has 2 nitrogen and oxygen atoms in total. The molecular weight excluding hydrogens is 360 g/mol. The van der Waals surface area contributed by atoms with E-state index in [1.54, 1.807) is 0 Å². The predicted molar refractivity (Wildman–Crippen MR) is 95.2 cm³/mol. The van der Waals surface area contributed by atoms with Crippen LogP contribution in [-0.4, -0.2) is 19.3 Å². The topological polar surface area (TPSA) is 18.5 Å². The molecular formula is C21H28F4O2. The van der Waals surface area contributed by atoms with Gasteiger partial charge in [0.25, 0.3) is 0 Å². The highest BCUT2D eigenvalue weighted by Gasteiger charge is 2.39. The van der Waals surface area contributed by atoms with Crippen molar-refractivity contribution in [3.8, 4) is 5.75 Å². The van der Waals surface area contributed by atoms with Crippen LogP contribution in [0.25, 0.3) is 0 Å². The molecule has 1 saturated carbocycles. The van der Waals surface area contributed by atoms with Gasteiger partial charge in [0.2, 0.25) is 0 Å². The van der Waals surface area contributed by atoms with Gasteiger partial charge in [-0.2, -0.15) is 13.2 Å². The molecule has 0 aromatic heterocycles. The largest absolute Gasteiger partial charge is 0.492 e. The Labute approximate surface area is 158 Å². The molecule has 152 valence electrons. The molecule has 0 amide bonds. The molecule has 0 spiro atoms. The molecule has 0 radical (unpaired) electrons. The Hall–Kier alpha value is -1.30. The second-order valence-electron chi connectivity index (χ2n) is 8.21. The van der Waals surface area contributed by atoms with Gasteiger partial charge >= 0.3 is 6.18 Å². The Morgan fingerprint density at radius 3 is 2.37 bits per heavy atom. The number of hydrogen-bond donors (Lipinski definition) is 0. The summed E-state index contributed by atoms with van der Waals surface area (Å²) in [5, 5.41) is 0. The monoisotopic (exact) mass is 388 g/mol. The van der Waals surface area contributed by atoms with Gasteiger partial charge < -0.3 is 9.47 Å². The van der Waals surface area contributed by atoms with Crippen molar-refractivity contribution >= 4 is 0 Å². The molecule has 1 aromatic rings. The molecule has 1 saturated heterocycles. The van der Waals surface area contributed by atoms with E-state index in [2.05, 4.69) is 6.92 Å². The fourth-order valence-corrected chi connectivity index (χ4v) is 4.24. The predicted octanol–water partition coefficient (Wildman–Crippen LogP) is 6.15. The number of benzene rings is 1. The van der Waals surface area contributed by atoms with Gasteiger partial charge in [-0.15, -0.1) is 0 Å². The summed E-state index contributed by atoms with van der Waals surface area (Å²) in [5.41, 5.74) is -1.35. The van der Waals surface area contributed by atoms with Gasteiger partial charge in [0.1, 0.15) is 17.1 Å². The number of hydrogen-bond acceptors (Lipinski definition) is 2. The fourth-order valence-electron chi connectivity index (χ4n) is 4.24. The summed E-state index contributed by atoms with van der Waals surface area (Å²) >= 11 is 0. The van der Waals surface area contributed by atoms with E-state index >= 15 is 0 Å². The van der Waals surface area contributed by atoms with E-state index in [0.717, 1.165) is 18.8 Å². The van der Waals surface area contributed by atoms with Crippen molar-refractivity contribution in [2.75, 3.05) is 13.2 Å². The van der Waals surface area contributed by atoms with E-state index in [1.165, 1.54) is 44.7 Å². The molecule has 2 fully saturated rings. The lowest BCUT2D eigenvalue weighted by atomic mass is 9.78. The molecule has 1 heterocycles. The second-order valence-corrected chi connectivity index (χ2v) is 8.21. The molecule has 2 atom stereocenters. The first-order valence-corrected chi connectivity index (χ1v) is 9.86. The Bertz CT molecular complexity index is 628. The zero-order chi connectivity index (χ0) is 19.6. The van der Waals surface area contributed by atoms with Crippen molar-refractivity contribution in [2.45, 2.75) is 64.7 Å². The average molecular weight is 388 g/mol. The summed E-state index contributed by atoms with van der Waals surface area (Å²) in [7, 11) is 0. The first-order chi connectivity index (χ1) is 12.8. The third kappa shape index (κ3) is 4.95. The lowest BCUT2D eigenvalue weighted by Gasteiger charge is -2.37. The third-order valence-corrected chi connectivity index (χ3v) is 6.05. The van der Waals surface area contributed by atoms with E-state index < -0.39 is 23.3 Å². The van der Waals surface area contributed by atoms with Crippen molar-refractivity contribution < 1.29 is 27.0 Å². The van der Waals surface area contributed by atoms with Crippen molar-refractivity contribution in [3.63, 3.8) is 0 Å². The van der Waals surface area contributed by atoms with Crippen molar-refractivity contribution in [3.05, 3.63) is 29.1 Å². The molecule has 1 unspecified atom stereocenters. The van der Waals surface area contributed by atoms with Crippen LogP contribution >= 0.6 is 0 Å². The highest BCUT2D eigenvalue weighted by atomic mass is 19.4. The highest BCUT2D eigenvalue weighted by molar-refractivity contribution is 5.40. The zero-order valence-electron chi connectivity index (χ0n) is 15.9. The Morgan fingerprint density at radius 1 is 1.07 bits per heavy atom. The maximum Gasteiger partial charge on any atom is 0.422 e. The smallest absolute Gasteiger partial charge is 0.422 e. The molecule has 1 aliphatic heterocycles. The third-order valence-electron chi connectivity index (χ3n) is 6.05. The van der Waals surface area contributed by atoms with Gasteiger partial charge in [0, 0.05) is 5.92 Å². The van der Waals surface area contributed by atoms with Crippen LogP contribution in [0.4, 0.5) is 17.6 Å². The normalized spacial score (nSPS) is 29.6.